The molecule has 1 aromatic rings. The van der Waals surface area contributed by atoms with Crippen molar-refractivity contribution in [3.63, 3.8) is 0 Å². The van der Waals surface area contributed by atoms with E-state index in [1.54, 1.807) is 4.90 Å². The van der Waals surface area contributed by atoms with Gasteiger partial charge in [0, 0.05) is 25.2 Å². The van der Waals surface area contributed by atoms with Crippen molar-refractivity contribution in [1.29, 1.82) is 0 Å². The van der Waals surface area contributed by atoms with E-state index in [0.29, 0.717) is 45.7 Å². The average molecular weight is 427 g/mol. The fourth-order valence-corrected chi connectivity index (χ4v) is 3.83. The minimum Gasteiger partial charge on any atom is -0.378 e. The largest absolute Gasteiger partial charge is 0.416 e. The fourth-order valence-electron chi connectivity index (χ4n) is 3.83. The summed E-state index contributed by atoms with van der Waals surface area (Å²) < 4.78 is 46.3. The van der Waals surface area contributed by atoms with Gasteiger partial charge in [0.2, 0.25) is 5.91 Å². The lowest BCUT2D eigenvalue weighted by Crippen LogP contribution is -2.54. The lowest BCUT2D eigenvalue weighted by atomic mass is 9.85. The van der Waals surface area contributed by atoms with E-state index in [1.807, 2.05) is 0 Å². The summed E-state index contributed by atoms with van der Waals surface area (Å²) >= 11 is 0. The second kappa shape index (κ2) is 9.00. The van der Waals surface area contributed by atoms with Gasteiger partial charge in [-0.3, -0.25) is 9.59 Å². The number of nitrogens with one attached hydrogen (secondary N) is 1. The van der Waals surface area contributed by atoms with Crippen LogP contribution in [-0.2, 0) is 15.7 Å². The first kappa shape index (κ1) is 22.0. The van der Waals surface area contributed by atoms with Crippen molar-refractivity contribution in [2.24, 2.45) is 16.5 Å². The molecular weight excluding hydrogens is 403 g/mol. The van der Waals surface area contributed by atoms with E-state index in [-0.39, 0.29) is 23.0 Å². The molecule has 2 amide bonds. The number of piperidine rings is 1. The number of hydrogen-bond donors (Lipinski definition) is 3. The van der Waals surface area contributed by atoms with Gasteiger partial charge in [-0.1, -0.05) is 6.07 Å². The molecule has 0 aliphatic carbocycles. The molecule has 11 heteroatoms. The molecule has 2 saturated heterocycles. The molecule has 5 N–H and O–H groups in total. The number of amides is 2. The van der Waals surface area contributed by atoms with Crippen LogP contribution in [0.2, 0.25) is 0 Å². The third kappa shape index (κ3) is 5.08. The number of carbonyl (C=O) groups is 2. The maximum absolute atomic E-state index is 13.7. The first-order valence-corrected chi connectivity index (χ1v) is 9.62. The summed E-state index contributed by atoms with van der Waals surface area (Å²) in [5.74, 6) is -1.93. The molecule has 0 radical (unpaired) electrons. The third-order valence-electron chi connectivity index (χ3n) is 5.30. The summed E-state index contributed by atoms with van der Waals surface area (Å²) in [6.07, 6.45) is -3.85. The van der Waals surface area contributed by atoms with Crippen molar-refractivity contribution in [3.8, 4) is 0 Å². The van der Waals surface area contributed by atoms with Gasteiger partial charge in [-0.25, -0.2) is 0 Å². The number of hydrogen-bond acceptors (Lipinski definition) is 4. The van der Waals surface area contributed by atoms with Gasteiger partial charge in [0.25, 0.3) is 5.91 Å². The number of likely N-dealkylation sites (tertiary alicyclic amines) is 1. The molecule has 0 spiro atoms. The summed E-state index contributed by atoms with van der Waals surface area (Å²) in [6.45, 7) is 2.14. The third-order valence-corrected chi connectivity index (χ3v) is 5.30. The van der Waals surface area contributed by atoms with Crippen LogP contribution in [0.25, 0.3) is 0 Å². The highest BCUT2D eigenvalue weighted by atomic mass is 19.4. The number of alkyl halides is 3. The highest BCUT2D eigenvalue weighted by molar-refractivity contribution is 6.02. The molecule has 164 valence electrons. The predicted octanol–water partition coefficient (Wildman–Crippen LogP) is 0.813. The number of morpholine rings is 1. The van der Waals surface area contributed by atoms with Crippen LogP contribution in [0.15, 0.2) is 23.2 Å². The van der Waals surface area contributed by atoms with Crippen LogP contribution in [0.5, 0.6) is 0 Å². The first-order chi connectivity index (χ1) is 14.2. The van der Waals surface area contributed by atoms with Crippen LogP contribution in [-0.4, -0.2) is 61.6 Å². The summed E-state index contributed by atoms with van der Waals surface area (Å²) in [5.41, 5.74) is 9.25. The molecule has 0 aromatic heterocycles. The van der Waals surface area contributed by atoms with Gasteiger partial charge in [0.1, 0.15) is 6.04 Å². The van der Waals surface area contributed by atoms with E-state index < -0.39 is 29.6 Å². The van der Waals surface area contributed by atoms with Gasteiger partial charge in [-0.2, -0.15) is 18.2 Å². The average Bonchev–Trinajstić information content (AvgIpc) is 2.72. The Hall–Kier alpha value is -2.66. The van der Waals surface area contributed by atoms with Crippen molar-refractivity contribution >= 4 is 17.8 Å². The van der Waals surface area contributed by atoms with Crippen LogP contribution < -0.4 is 16.8 Å². The highest BCUT2D eigenvalue weighted by Gasteiger charge is 2.37. The number of nitrogens with zero attached hydrogens (tertiary/aromatic N) is 2. The quantitative estimate of drug-likeness (QED) is 0.485. The molecule has 2 aliphatic rings. The Labute approximate surface area is 171 Å². The van der Waals surface area contributed by atoms with Crippen LogP contribution >= 0.6 is 0 Å². The molecule has 2 heterocycles. The van der Waals surface area contributed by atoms with E-state index in [9.17, 15) is 22.8 Å². The zero-order valence-electron chi connectivity index (χ0n) is 16.2. The molecule has 3 rings (SSSR count). The topological polar surface area (TPSA) is 123 Å². The Morgan fingerprint density at radius 3 is 2.47 bits per heavy atom. The number of nitrogens with two attached hydrogens (primary N) is 2. The van der Waals surface area contributed by atoms with Gasteiger partial charge < -0.3 is 26.4 Å². The van der Waals surface area contributed by atoms with Crippen LogP contribution in [0.4, 0.5) is 13.2 Å². The molecule has 0 bridgehead atoms. The van der Waals surface area contributed by atoms with Gasteiger partial charge in [-0.05, 0) is 36.5 Å². The maximum atomic E-state index is 13.7. The smallest absolute Gasteiger partial charge is 0.378 e. The predicted molar refractivity (Wildman–Crippen MR) is 103 cm³/mol. The Balaban J connectivity index is 1.75. The molecule has 2 fully saturated rings. The number of halogens is 3. The SMILES string of the molecule is NC(N)=NC(=O)c1ccc(C2CCN(C(=O)C3COCCN3)CC2)c(C(F)(F)F)c1. The van der Waals surface area contributed by atoms with E-state index in [2.05, 4.69) is 10.3 Å². The van der Waals surface area contributed by atoms with Crippen molar-refractivity contribution < 1.29 is 27.5 Å². The van der Waals surface area contributed by atoms with Crippen molar-refractivity contribution in [2.75, 3.05) is 32.8 Å². The Kier molecular flexibility index (Phi) is 6.61. The summed E-state index contributed by atoms with van der Waals surface area (Å²) in [4.78, 5) is 29.4. The Morgan fingerprint density at radius 1 is 1.20 bits per heavy atom. The highest BCUT2D eigenvalue weighted by Crippen LogP contribution is 2.39. The molecule has 8 nitrogen and oxygen atoms in total. The number of ether oxygens (including phenoxy) is 1. The molecule has 1 atom stereocenters. The lowest BCUT2D eigenvalue weighted by Gasteiger charge is -2.36. The molecule has 1 aromatic carbocycles. The number of guanidine groups is 1. The fraction of sp³-hybridized carbons (Fsp3) is 0.526. The Morgan fingerprint density at radius 2 is 1.90 bits per heavy atom. The van der Waals surface area contributed by atoms with Crippen LogP contribution in [0, 0.1) is 0 Å². The number of benzene rings is 1. The van der Waals surface area contributed by atoms with Crippen LogP contribution in [0.1, 0.15) is 40.2 Å². The number of carbonyl (C=O) groups excluding carboxylic acids is 2. The second-order valence-electron chi connectivity index (χ2n) is 7.32. The van der Waals surface area contributed by atoms with Gasteiger partial charge >= 0.3 is 6.18 Å². The zero-order chi connectivity index (χ0) is 21.9. The molecular formula is C19H24F3N5O3. The standard InChI is InChI=1S/C19H24F3N5O3/c20-19(21,22)14-9-12(16(28)26-18(23)24)1-2-13(14)11-3-6-27(7-4-11)17(29)15-10-30-8-5-25-15/h1-2,9,11,15,25H,3-8,10H2,(H4,23,24,26,28). The normalized spacial score (nSPS) is 20.6. The number of aliphatic imine (C=N–C) groups is 1. The molecule has 30 heavy (non-hydrogen) atoms. The van der Waals surface area contributed by atoms with Crippen molar-refractivity contribution in [1.82, 2.24) is 10.2 Å². The molecule has 0 saturated carbocycles. The number of rotatable bonds is 3. The monoisotopic (exact) mass is 427 g/mol. The molecule has 1 unspecified atom stereocenters. The minimum atomic E-state index is -4.64. The van der Waals surface area contributed by atoms with E-state index in [4.69, 9.17) is 16.2 Å². The van der Waals surface area contributed by atoms with E-state index in [0.717, 1.165) is 6.07 Å². The van der Waals surface area contributed by atoms with Crippen molar-refractivity contribution in [2.45, 2.75) is 31.0 Å². The van der Waals surface area contributed by atoms with E-state index >= 15 is 0 Å². The van der Waals surface area contributed by atoms with Crippen LogP contribution in [0.3, 0.4) is 0 Å². The van der Waals surface area contributed by atoms with Gasteiger partial charge in [0.05, 0.1) is 18.8 Å². The summed E-state index contributed by atoms with van der Waals surface area (Å²) in [5, 5.41) is 3.09. The second-order valence-corrected chi connectivity index (χ2v) is 7.32. The lowest BCUT2D eigenvalue weighted by molar-refractivity contribution is -0.140. The Bertz CT molecular complexity index is 825. The maximum Gasteiger partial charge on any atom is 0.416 e. The molecule has 2 aliphatic heterocycles. The first-order valence-electron chi connectivity index (χ1n) is 9.62. The summed E-state index contributed by atoms with van der Waals surface area (Å²) in [7, 11) is 0. The zero-order valence-corrected chi connectivity index (χ0v) is 16.2. The van der Waals surface area contributed by atoms with Crippen molar-refractivity contribution in [3.05, 3.63) is 34.9 Å². The summed E-state index contributed by atoms with van der Waals surface area (Å²) in [6, 6.07) is 2.96. The minimum absolute atomic E-state index is 0.0950. The van der Waals surface area contributed by atoms with Gasteiger partial charge in [0.15, 0.2) is 5.96 Å². The van der Waals surface area contributed by atoms with Gasteiger partial charge in [-0.15, -0.1) is 0 Å². The van der Waals surface area contributed by atoms with E-state index in [1.165, 1.54) is 12.1 Å².